The van der Waals surface area contributed by atoms with Crippen LogP contribution < -0.4 is 4.90 Å². The Labute approximate surface area is 328 Å². The van der Waals surface area contributed by atoms with E-state index in [1.54, 1.807) is 0 Å². The molecule has 0 saturated carbocycles. The molecule has 0 aliphatic heterocycles. The molecule has 2 heteroatoms. The number of anilines is 3. The van der Waals surface area contributed by atoms with Gasteiger partial charge in [0.1, 0.15) is 11.2 Å². The van der Waals surface area contributed by atoms with E-state index in [2.05, 4.69) is 196 Å². The monoisotopic (exact) mass is 719 g/mol. The van der Waals surface area contributed by atoms with Crippen LogP contribution in [0.3, 0.4) is 0 Å². The van der Waals surface area contributed by atoms with E-state index in [0.29, 0.717) is 0 Å². The fraction of sp³-hybridized carbons (Fsp3) is 0.111. The number of fused-ring (bicyclic) bond motifs is 9. The lowest BCUT2D eigenvalue weighted by Crippen LogP contribution is -2.17. The van der Waals surface area contributed by atoms with Gasteiger partial charge in [-0.2, -0.15) is 0 Å². The summed E-state index contributed by atoms with van der Waals surface area (Å²) in [6, 6.07) is 64.7. The zero-order valence-electron chi connectivity index (χ0n) is 32.1. The molecule has 56 heavy (non-hydrogen) atoms. The van der Waals surface area contributed by atoms with E-state index in [1.165, 1.54) is 66.8 Å². The zero-order chi connectivity index (χ0) is 37.8. The molecule has 0 radical (unpaired) electrons. The van der Waals surface area contributed by atoms with Gasteiger partial charge in [-0.05, 0) is 127 Å². The fourth-order valence-corrected chi connectivity index (χ4v) is 9.68. The molecule has 268 valence electrons. The largest absolute Gasteiger partial charge is 0.456 e. The predicted octanol–water partition coefficient (Wildman–Crippen LogP) is 15.0. The van der Waals surface area contributed by atoms with Gasteiger partial charge < -0.3 is 9.32 Å². The van der Waals surface area contributed by atoms with Gasteiger partial charge in [-0.3, -0.25) is 0 Å². The third kappa shape index (κ3) is 4.82. The lowest BCUT2D eigenvalue weighted by Gasteiger charge is -2.29. The summed E-state index contributed by atoms with van der Waals surface area (Å²) >= 11 is 0. The second-order valence-corrected chi connectivity index (χ2v) is 16.6. The summed E-state index contributed by atoms with van der Waals surface area (Å²) in [5.74, 6) is 0. The molecule has 0 bridgehead atoms. The van der Waals surface area contributed by atoms with Gasteiger partial charge in [0.2, 0.25) is 0 Å². The highest BCUT2D eigenvalue weighted by Gasteiger charge is 2.38. The van der Waals surface area contributed by atoms with E-state index in [9.17, 15) is 0 Å². The first-order valence-corrected chi connectivity index (χ1v) is 19.7. The summed E-state index contributed by atoms with van der Waals surface area (Å²) in [5, 5.41) is 2.31. The third-order valence-corrected chi connectivity index (χ3v) is 12.7. The summed E-state index contributed by atoms with van der Waals surface area (Å²) in [6.45, 7) is 9.46. The van der Waals surface area contributed by atoms with Gasteiger partial charge >= 0.3 is 0 Å². The van der Waals surface area contributed by atoms with Crippen molar-refractivity contribution in [1.29, 1.82) is 0 Å². The van der Waals surface area contributed by atoms with Crippen LogP contribution in [0, 0.1) is 0 Å². The maximum Gasteiger partial charge on any atom is 0.135 e. The normalized spacial score (nSPS) is 14.4. The van der Waals surface area contributed by atoms with E-state index < -0.39 is 0 Å². The molecule has 11 rings (SSSR count). The Hall–Kier alpha value is -6.64. The van der Waals surface area contributed by atoms with Gasteiger partial charge in [0.05, 0.1) is 0 Å². The van der Waals surface area contributed by atoms with Crippen LogP contribution in [0.5, 0.6) is 0 Å². The second-order valence-electron chi connectivity index (χ2n) is 16.6. The molecule has 0 amide bonds. The molecule has 2 nitrogen and oxygen atoms in total. The molecule has 2 aliphatic carbocycles. The fourth-order valence-electron chi connectivity index (χ4n) is 9.68. The minimum atomic E-state index is -0.202. The van der Waals surface area contributed by atoms with Crippen LogP contribution in [0.2, 0.25) is 0 Å². The summed E-state index contributed by atoms with van der Waals surface area (Å²) in [7, 11) is 0. The summed E-state index contributed by atoms with van der Waals surface area (Å²) in [5.41, 5.74) is 20.6. The topological polar surface area (TPSA) is 16.4 Å². The van der Waals surface area contributed by atoms with Gasteiger partial charge in [-0.25, -0.2) is 0 Å². The van der Waals surface area contributed by atoms with E-state index in [-0.39, 0.29) is 10.8 Å². The molecule has 1 heterocycles. The maximum absolute atomic E-state index is 6.16. The quantitative estimate of drug-likeness (QED) is 0.176. The minimum Gasteiger partial charge on any atom is -0.456 e. The maximum atomic E-state index is 6.16. The number of hydrogen-bond acceptors (Lipinski definition) is 2. The van der Waals surface area contributed by atoms with Crippen LogP contribution in [0.15, 0.2) is 180 Å². The molecule has 9 aromatic rings. The number of hydrogen-bond donors (Lipinski definition) is 0. The van der Waals surface area contributed by atoms with Gasteiger partial charge in [0, 0.05) is 38.7 Å². The molecule has 0 spiro atoms. The average Bonchev–Trinajstić information content (AvgIpc) is 3.80. The van der Waals surface area contributed by atoms with Crippen molar-refractivity contribution in [2.24, 2.45) is 0 Å². The molecule has 0 N–H and O–H groups in total. The Balaban J connectivity index is 1.02. The summed E-state index contributed by atoms with van der Waals surface area (Å²) in [6.07, 6.45) is 0. The molecule has 0 fully saturated rings. The van der Waals surface area contributed by atoms with Crippen molar-refractivity contribution in [2.75, 3.05) is 4.90 Å². The van der Waals surface area contributed by atoms with E-state index in [4.69, 9.17) is 4.42 Å². The predicted molar refractivity (Wildman–Crippen MR) is 234 cm³/mol. The van der Waals surface area contributed by atoms with Crippen molar-refractivity contribution in [3.05, 3.63) is 198 Å². The van der Waals surface area contributed by atoms with Crippen molar-refractivity contribution in [3.63, 3.8) is 0 Å². The van der Waals surface area contributed by atoms with Crippen LogP contribution in [0.25, 0.3) is 66.4 Å². The van der Waals surface area contributed by atoms with E-state index >= 15 is 0 Å². The van der Waals surface area contributed by atoms with E-state index in [0.717, 1.165) is 39.0 Å². The van der Waals surface area contributed by atoms with Crippen LogP contribution >= 0.6 is 0 Å². The summed E-state index contributed by atoms with van der Waals surface area (Å²) < 4.78 is 6.16. The Morgan fingerprint density at radius 1 is 0.339 bits per heavy atom. The van der Waals surface area contributed by atoms with Gasteiger partial charge in [-0.1, -0.05) is 143 Å². The highest BCUT2D eigenvalue weighted by Crippen LogP contribution is 2.53. The van der Waals surface area contributed by atoms with Crippen LogP contribution in [-0.4, -0.2) is 0 Å². The highest BCUT2D eigenvalue weighted by atomic mass is 16.3. The lowest BCUT2D eigenvalue weighted by molar-refractivity contribution is 0.660. The van der Waals surface area contributed by atoms with Crippen molar-refractivity contribution in [2.45, 2.75) is 38.5 Å². The molecule has 1 aromatic heterocycles. The van der Waals surface area contributed by atoms with Crippen LogP contribution in [0.4, 0.5) is 17.1 Å². The minimum absolute atomic E-state index is 0.0487. The van der Waals surface area contributed by atoms with Crippen molar-refractivity contribution < 1.29 is 4.42 Å². The van der Waals surface area contributed by atoms with Crippen molar-refractivity contribution in [3.8, 4) is 44.5 Å². The van der Waals surface area contributed by atoms with Crippen molar-refractivity contribution >= 4 is 39.0 Å². The van der Waals surface area contributed by atoms with Crippen LogP contribution in [-0.2, 0) is 10.8 Å². The Bertz CT molecular complexity index is 3020. The smallest absolute Gasteiger partial charge is 0.135 e. The first-order chi connectivity index (χ1) is 27.3. The van der Waals surface area contributed by atoms with Gasteiger partial charge in [0.25, 0.3) is 0 Å². The Morgan fingerprint density at radius 3 is 1.71 bits per heavy atom. The van der Waals surface area contributed by atoms with Crippen molar-refractivity contribution in [1.82, 2.24) is 0 Å². The average molecular weight is 720 g/mol. The standard InChI is InChI=1S/C54H41NO/c1-53(2)47-16-10-8-14-41(47)45-32-39(25-28-48(45)53)55(38-22-18-35(19-23-38)34-12-6-5-7-13-34)40-24-27-43-42-26-20-37(31-49(42)54(3,4)50(43)33-40)36-21-29-52-46(30-36)44-15-9-11-17-51(44)56-52/h5-33H,1-4H3. The molecule has 0 unspecified atom stereocenters. The first kappa shape index (κ1) is 32.8. The first-order valence-electron chi connectivity index (χ1n) is 19.7. The molecule has 0 atom stereocenters. The van der Waals surface area contributed by atoms with E-state index in [1.807, 2.05) is 12.1 Å². The summed E-state index contributed by atoms with van der Waals surface area (Å²) in [4.78, 5) is 2.44. The molecular weight excluding hydrogens is 679 g/mol. The van der Waals surface area contributed by atoms with Crippen LogP contribution in [0.1, 0.15) is 49.9 Å². The number of nitrogens with zero attached hydrogens (tertiary/aromatic N) is 1. The highest BCUT2D eigenvalue weighted by molar-refractivity contribution is 6.06. The number of para-hydroxylation sites is 1. The van der Waals surface area contributed by atoms with Gasteiger partial charge in [-0.15, -0.1) is 0 Å². The lowest BCUT2D eigenvalue weighted by atomic mass is 9.81. The number of rotatable bonds is 5. The zero-order valence-corrected chi connectivity index (χ0v) is 32.1. The molecule has 0 saturated heterocycles. The third-order valence-electron chi connectivity index (χ3n) is 12.7. The Kier molecular flexibility index (Phi) is 6.98. The molecular formula is C54H41NO. The van der Waals surface area contributed by atoms with Gasteiger partial charge in [0.15, 0.2) is 0 Å². The number of furan rings is 1. The SMILES string of the molecule is CC1(C)c2ccccc2-c2cc(N(c3ccc(-c4ccccc4)cc3)c3ccc4c(c3)C(C)(C)c3cc(-c5ccc6oc7ccccc7c6c5)ccc3-4)ccc21. The molecule has 8 aromatic carbocycles. The Morgan fingerprint density at radius 2 is 0.875 bits per heavy atom. The second kappa shape index (κ2) is 11.9. The number of benzene rings is 8. The molecule has 2 aliphatic rings.